The van der Waals surface area contributed by atoms with Gasteiger partial charge in [-0.1, -0.05) is 0 Å². The number of benzene rings is 2. The largest absolute Gasteiger partial charge is 0.497 e. The average Bonchev–Trinajstić information content (AvgIpc) is 2.96. The summed E-state index contributed by atoms with van der Waals surface area (Å²) in [6.07, 6.45) is 0. The van der Waals surface area contributed by atoms with Crippen LogP contribution in [0.4, 0.5) is 4.39 Å². The number of ether oxygens (including phenoxy) is 1. The highest BCUT2D eigenvalue weighted by Gasteiger charge is 2.12. The predicted molar refractivity (Wildman–Crippen MR) is 94.3 cm³/mol. The Morgan fingerprint density at radius 2 is 1.84 bits per heavy atom. The lowest BCUT2D eigenvalue weighted by atomic mass is 10.2. The van der Waals surface area contributed by atoms with Crippen LogP contribution in [0.5, 0.6) is 5.75 Å². The number of nitrogens with one attached hydrogen (secondary N) is 1. The third kappa shape index (κ3) is 4.32. The van der Waals surface area contributed by atoms with Gasteiger partial charge in [-0.15, -0.1) is 5.10 Å². The number of halogens is 1. The molecule has 0 fully saturated rings. The van der Waals surface area contributed by atoms with Crippen molar-refractivity contribution in [3.05, 3.63) is 64.7 Å². The Morgan fingerprint density at radius 3 is 2.48 bits per heavy atom. The van der Waals surface area contributed by atoms with Crippen LogP contribution in [0.2, 0.25) is 0 Å². The summed E-state index contributed by atoms with van der Waals surface area (Å²) in [4.78, 5) is 1.49. The SMILES string of the molecule is COc1ccc(C[NH+](C)Cn2nc(-c3ccc(F)cc3)oc2=S)cc1. The molecule has 3 aromatic rings. The molecule has 0 radical (unpaired) electrons. The second-order valence-electron chi connectivity index (χ2n) is 5.82. The standard InChI is InChI=1S/C18H18FN3O2S/c1-21(11-13-3-9-16(23-2)10-4-13)12-22-18(25)24-17(20-22)14-5-7-15(19)8-6-14/h3-10H,11-12H2,1-2H3/p+1. The number of rotatable bonds is 6. The van der Waals surface area contributed by atoms with Crippen LogP contribution in [-0.2, 0) is 13.2 Å². The molecule has 0 saturated carbocycles. The fourth-order valence-corrected chi connectivity index (χ4v) is 2.70. The predicted octanol–water partition coefficient (Wildman–Crippen LogP) is 2.69. The summed E-state index contributed by atoms with van der Waals surface area (Å²) in [6.45, 7) is 1.38. The summed E-state index contributed by atoms with van der Waals surface area (Å²) < 4.78 is 25.4. The highest BCUT2D eigenvalue weighted by Crippen LogP contribution is 2.17. The van der Waals surface area contributed by atoms with E-state index in [2.05, 4.69) is 12.1 Å². The molecule has 1 N–H and O–H groups in total. The van der Waals surface area contributed by atoms with Crippen LogP contribution < -0.4 is 9.64 Å². The first-order valence-electron chi connectivity index (χ1n) is 7.83. The quantitative estimate of drug-likeness (QED) is 0.687. The molecule has 0 saturated heterocycles. The lowest BCUT2D eigenvalue weighted by Crippen LogP contribution is -3.07. The van der Waals surface area contributed by atoms with E-state index in [1.807, 2.05) is 24.3 Å². The van der Waals surface area contributed by atoms with Crippen LogP contribution in [0.1, 0.15) is 5.56 Å². The first-order valence-corrected chi connectivity index (χ1v) is 8.24. The molecule has 5 nitrogen and oxygen atoms in total. The maximum atomic E-state index is 13.0. The third-order valence-electron chi connectivity index (χ3n) is 3.78. The highest BCUT2D eigenvalue weighted by atomic mass is 32.1. The van der Waals surface area contributed by atoms with Crippen LogP contribution in [0.25, 0.3) is 11.5 Å². The second kappa shape index (κ2) is 7.58. The summed E-state index contributed by atoms with van der Waals surface area (Å²) in [5.41, 5.74) is 1.88. The van der Waals surface area contributed by atoms with Gasteiger partial charge in [0.05, 0.1) is 14.2 Å². The van der Waals surface area contributed by atoms with Crippen molar-refractivity contribution in [1.29, 1.82) is 0 Å². The third-order valence-corrected chi connectivity index (χ3v) is 4.08. The molecule has 2 aromatic carbocycles. The van der Waals surface area contributed by atoms with Crippen molar-refractivity contribution in [3.63, 3.8) is 0 Å². The van der Waals surface area contributed by atoms with Gasteiger partial charge in [0, 0.05) is 11.1 Å². The molecule has 0 bridgehead atoms. The van der Waals surface area contributed by atoms with Crippen molar-refractivity contribution in [2.75, 3.05) is 14.2 Å². The van der Waals surface area contributed by atoms with E-state index in [-0.39, 0.29) is 5.82 Å². The Bertz CT molecular complexity index is 888. The molecule has 0 amide bonds. The maximum Gasteiger partial charge on any atom is 0.292 e. The minimum atomic E-state index is -0.301. The lowest BCUT2D eigenvalue weighted by molar-refractivity contribution is -0.917. The van der Waals surface area contributed by atoms with E-state index in [1.165, 1.54) is 22.6 Å². The topological polar surface area (TPSA) is 44.6 Å². The molecule has 0 aliphatic rings. The van der Waals surface area contributed by atoms with Gasteiger partial charge >= 0.3 is 0 Å². The molecular weight excluding hydrogens is 341 g/mol. The van der Waals surface area contributed by atoms with E-state index in [0.717, 1.165) is 12.3 Å². The first kappa shape index (κ1) is 17.3. The van der Waals surface area contributed by atoms with Crippen LogP contribution in [0, 0.1) is 10.7 Å². The van der Waals surface area contributed by atoms with Crippen molar-refractivity contribution in [2.24, 2.45) is 0 Å². The highest BCUT2D eigenvalue weighted by molar-refractivity contribution is 7.71. The maximum absolute atomic E-state index is 13.0. The first-order chi connectivity index (χ1) is 12.0. The number of quaternary nitrogens is 1. The van der Waals surface area contributed by atoms with Crippen LogP contribution in [0.15, 0.2) is 52.9 Å². The smallest absolute Gasteiger partial charge is 0.292 e. The molecule has 3 rings (SSSR count). The van der Waals surface area contributed by atoms with E-state index >= 15 is 0 Å². The number of hydrogen-bond acceptors (Lipinski definition) is 4. The van der Waals surface area contributed by atoms with Crippen LogP contribution in [0.3, 0.4) is 0 Å². The Labute approximate surface area is 150 Å². The average molecular weight is 360 g/mol. The molecule has 1 aromatic heterocycles. The summed E-state index contributed by atoms with van der Waals surface area (Å²) in [5.74, 6) is 0.928. The van der Waals surface area contributed by atoms with Gasteiger partial charge in [0.15, 0.2) is 6.67 Å². The molecule has 130 valence electrons. The minimum absolute atomic E-state index is 0.299. The van der Waals surface area contributed by atoms with Crippen molar-refractivity contribution in [1.82, 2.24) is 9.78 Å². The second-order valence-corrected chi connectivity index (χ2v) is 6.17. The van der Waals surface area contributed by atoms with Gasteiger partial charge in [-0.2, -0.15) is 4.68 Å². The van der Waals surface area contributed by atoms with Gasteiger partial charge in [-0.3, -0.25) is 0 Å². The fraction of sp³-hybridized carbons (Fsp3) is 0.222. The van der Waals surface area contributed by atoms with Gasteiger partial charge < -0.3 is 14.1 Å². The zero-order valence-electron chi connectivity index (χ0n) is 14.0. The van der Waals surface area contributed by atoms with Gasteiger partial charge in [-0.05, 0) is 60.7 Å². The number of methoxy groups -OCH3 is 1. The van der Waals surface area contributed by atoms with E-state index in [4.69, 9.17) is 21.4 Å². The zero-order chi connectivity index (χ0) is 17.8. The Morgan fingerprint density at radius 1 is 1.16 bits per heavy atom. The van der Waals surface area contributed by atoms with Crippen molar-refractivity contribution in [2.45, 2.75) is 13.2 Å². The van der Waals surface area contributed by atoms with Gasteiger partial charge in [0.2, 0.25) is 5.89 Å². The number of aromatic nitrogens is 2. The van der Waals surface area contributed by atoms with Crippen molar-refractivity contribution in [3.8, 4) is 17.2 Å². The Balaban J connectivity index is 1.69. The molecule has 0 aliphatic heterocycles. The monoisotopic (exact) mass is 360 g/mol. The number of hydrogen-bond donors (Lipinski definition) is 1. The molecular formula is C18H19FN3O2S+. The van der Waals surface area contributed by atoms with Gasteiger partial charge in [-0.25, -0.2) is 4.39 Å². The lowest BCUT2D eigenvalue weighted by Gasteiger charge is -2.13. The minimum Gasteiger partial charge on any atom is -0.497 e. The van der Waals surface area contributed by atoms with E-state index in [0.29, 0.717) is 23.0 Å². The van der Waals surface area contributed by atoms with Crippen molar-refractivity contribution >= 4 is 12.2 Å². The zero-order valence-corrected chi connectivity index (χ0v) is 14.8. The fourth-order valence-electron chi connectivity index (χ4n) is 2.52. The summed E-state index contributed by atoms with van der Waals surface area (Å²) >= 11 is 5.24. The summed E-state index contributed by atoms with van der Waals surface area (Å²) in [7, 11) is 3.70. The van der Waals surface area contributed by atoms with E-state index in [1.54, 1.807) is 23.9 Å². The van der Waals surface area contributed by atoms with Crippen LogP contribution in [-0.4, -0.2) is 23.9 Å². The van der Waals surface area contributed by atoms with Crippen LogP contribution >= 0.6 is 12.2 Å². The Hall–Kier alpha value is -2.51. The van der Waals surface area contributed by atoms with E-state index in [9.17, 15) is 4.39 Å². The normalized spacial score (nSPS) is 12.1. The molecule has 25 heavy (non-hydrogen) atoms. The number of nitrogens with zero attached hydrogens (tertiary/aromatic N) is 2. The summed E-state index contributed by atoms with van der Waals surface area (Å²) in [6, 6.07) is 13.9. The molecule has 7 heteroatoms. The van der Waals surface area contributed by atoms with Gasteiger partial charge in [0.25, 0.3) is 4.84 Å². The molecule has 0 spiro atoms. The molecule has 0 aliphatic carbocycles. The van der Waals surface area contributed by atoms with Crippen molar-refractivity contribution < 1.29 is 18.4 Å². The molecule has 1 heterocycles. The van der Waals surface area contributed by atoms with Gasteiger partial charge in [0.1, 0.15) is 18.1 Å². The molecule has 1 atom stereocenters. The molecule has 1 unspecified atom stereocenters. The summed E-state index contributed by atoms with van der Waals surface area (Å²) in [5, 5.41) is 4.40. The Kier molecular flexibility index (Phi) is 5.25. The van der Waals surface area contributed by atoms with E-state index < -0.39 is 0 Å².